The molecule has 210 valence electrons. The van der Waals surface area contributed by atoms with Gasteiger partial charge in [-0.25, -0.2) is 0 Å². The molecule has 0 fully saturated rings. The Kier molecular flexibility index (Phi) is 11.2. The van der Waals surface area contributed by atoms with E-state index in [2.05, 4.69) is 10.6 Å². The van der Waals surface area contributed by atoms with Crippen LogP contribution < -0.4 is 4.74 Å². The van der Waals surface area contributed by atoms with Gasteiger partial charge in [0.15, 0.2) is 0 Å². The first-order chi connectivity index (χ1) is 18.7. The highest BCUT2D eigenvalue weighted by Gasteiger charge is 2.25. The molecule has 0 bridgehead atoms. The Morgan fingerprint density at radius 1 is 0.846 bits per heavy atom. The van der Waals surface area contributed by atoms with Crippen molar-refractivity contribution in [2.24, 2.45) is 5.41 Å². The molecule has 0 unspecified atom stereocenters. The Morgan fingerprint density at radius 3 is 2.28 bits per heavy atom. The third-order valence-corrected chi connectivity index (χ3v) is 6.47. The van der Waals surface area contributed by atoms with Crippen LogP contribution in [0.1, 0.15) is 50.4 Å². The fraction of sp³-hybridized carbons (Fsp3) is 0.438. The predicted molar refractivity (Wildman–Crippen MR) is 154 cm³/mol. The molecule has 2 amide bonds. The van der Waals surface area contributed by atoms with Crippen LogP contribution in [0, 0.1) is 5.41 Å². The molecular formula is C32H43N3O4. The van der Waals surface area contributed by atoms with Crippen molar-refractivity contribution in [1.82, 2.24) is 14.4 Å². The Morgan fingerprint density at radius 2 is 1.59 bits per heavy atom. The summed E-state index contributed by atoms with van der Waals surface area (Å²) in [5.41, 5.74) is 3.02. The van der Waals surface area contributed by atoms with Gasteiger partial charge in [-0.1, -0.05) is 63.2 Å². The fourth-order valence-corrected chi connectivity index (χ4v) is 4.47. The molecule has 39 heavy (non-hydrogen) atoms. The van der Waals surface area contributed by atoms with Crippen LogP contribution in [0.15, 0.2) is 72.9 Å². The van der Waals surface area contributed by atoms with Crippen LogP contribution in [0.2, 0.25) is 0 Å². The first kappa shape index (κ1) is 30.0. The second-order valence-electron chi connectivity index (χ2n) is 11.1. The SMILES string of the molecule is COCCCN(CC(=O)N(Cc1ccccc1)Cc1cccn1Cc1cccc(OC)c1)C(=O)CC(C)(C)C. The summed E-state index contributed by atoms with van der Waals surface area (Å²) >= 11 is 0. The topological polar surface area (TPSA) is 64.0 Å². The second-order valence-corrected chi connectivity index (χ2v) is 11.1. The Bertz CT molecular complexity index is 1180. The van der Waals surface area contributed by atoms with Gasteiger partial charge in [-0.2, -0.15) is 0 Å². The molecule has 0 saturated carbocycles. The van der Waals surface area contributed by atoms with Gasteiger partial charge < -0.3 is 23.8 Å². The van der Waals surface area contributed by atoms with E-state index in [0.717, 1.165) is 22.6 Å². The average Bonchev–Trinajstić information content (AvgIpc) is 3.33. The van der Waals surface area contributed by atoms with E-state index < -0.39 is 0 Å². The Hall–Kier alpha value is -3.58. The summed E-state index contributed by atoms with van der Waals surface area (Å²) in [5.74, 6) is 0.733. The summed E-state index contributed by atoms with van der Waals surface area (Å²) in [7, 11) is 3.31. The summed E-state index contributed by atoms with van der Waals surface area (Å²) in [6, 6.07) is 22.0. The van der Waals surface area contributed by atoms with Gasteiger partial charge in [0.2, 0.25) is 11.8 Å². The summed E-state index contributed by atoms with van der Waals surface area (Å²) in [5, 5.41) is 0. The number of benzene rings is 2. The molecule has 7 nitrogen and oxygen atoms in total. The number of amides is 2. The highest BCUT2D eigenvalue weighted by molar-refractivity contribution is 5.85. The normalized spacial score (nSPS) is 11.3. The number of ether oxygens (including phenoxy) is 2. The van der Waals surface area contributed by atoms with Crippen molar-refractivity contribution in [3.63, 3.8) is 0 Å². The number of hydrogen-bond donors (Lipinski definition) is 0. The molecule has 0 radical (unpaired) electrons. The molecule has 0 aliphatic carbocycles. The molecule has 0 N–H and O–H groups in total. The van der Waals surface area contributed by atoms with Gasteiger partial charge in [0.25, 0.3) is 0 Å². The minimum absolute atomic E-state index is 0.00647. The standard InChI is InChI=1S/C32H43N3O4/c1-32(2,3)21-30(36)34(18-11-19-38-4)25-31(37)35(22-26-12-7-6-8-13-26)24-28-15-10-17-33(28)23-27-14-9-16-29(20-27)39-5/h6-10,12-17,20H,11,18-19,21-25H2,1-5H3. The van der Waals surface area contributed by atoms with E-state index in [0.29, 0.717) is 45.6 Å². The molecule has 7 heteroatoms. The van der Waals surface area contributed by atoms with Gasteiger partial charge in [0.05, 0.1) is 20.2 Å². The summed E-state index contributed by atoms with van der Waals surface area (Å²) < 4.78 is 12.7. The molecule has 0 aliphatic rings. The molecule has 1 aromatic heterocycles. The average molecular weight is 534 g/mol. The minimum atomic E-state index is -0.162. The zero-order valence-corrected chi connectivity index (χ0v) is 24.1. The van der Waals surface area contributed by atoms with E-state index in [-0.39, 0.29) is 23.8 Å². The number of carbonyl (C=O) groups excluding carboxylic acids is 2. The molecule has 2 aromatic carbocycles. The van der Waals surface area contributed by atoms with E-state index in [9.17, 15) is 9.59 Å². The predicted octanol–water partition coefficient (Wildman–Crippen LogP) is 5.38. The van der Waals surface area contributed by atoms with Crippen molar-refractivity contribution in [1.29, 1.82) is 0 Å². The number of hydrogen-bond acceptors (Lipinski definition) is 4. The second kappa shape index (κ2) is 14.5. The van der Waals surface area contributed by atoms with E-state index >= 15 is 0 Å². The largest absolute Gasteiger partial charge is 0.497 e. The summed E-state index contributed by atoms with van der Waals surface area (Å²) in [6.45, 7) is 8.75. The Balaban J connectivity index is 1.82. The molecule has 0 spiro atoms. The maximum Gasteiger partial charge on any atom is 0.242 e. The van der Waals surface area contributed by atoms with E-state index in [4.69, 9.17) is 9.47 Å². The van der Waals surface area contributed by atoms with Crippen molar-refractivity contribution in [3.8, 4) is 5.75 Å². The van der Waals surface area contributed by atoms with Crippen LogP contribution >= 0.6 is 0 Å². The lowest BCUT2D eigenvalue weighted by Gasteiger charge is -2.30. The minimum Gasteiger partial charge on any atom is -0.497 e. The number of rotatable bonds is 14. The fourth-order valence-electron chi connectivity index (χ4n) is 4.47. The number of nitrogens with zero attached hydrogens (tertiary/aromatic N) is 3. The van der Waals surface area contributed by atoms with Crippen molar-refractivity contribution in [2.45, 2.75) is 53.2 Å². The monoisotopic (exact) mass is 533 g/mol. The van der Waals surface area contributed by atoms with Gasteiger partial charge in [-0.05, 0) is 47.2 Å². The zero-order chi connectivity index (χ0) is 28.3. The summed E-state index contributed by atoms with van der Waals surface area (Å²) in [4.78, 5) is 30.6. The van der Waals surface area contributed by atoms with Crippen molar-refractivity contribution in [3.05, 3.63) is 89.7 Å². The lowest BCUT2D eigenvalue weighted by molar-refractivity contribution is -0.142. The highest BCUT2D eigenvalue weighted by Crippen LogP contribution is 2.21. The first-order valence-electron chi connectivity index (χ1n) is 13.5. The lowest BCUT2D eigenvalue weighted by Crippen LogP contribution is -2.44. The Labute approximate surface area is 233 Å². The van der Waals surface area contributed by atoms with Gasteiger partial charge in [0, 0.05) is 51.7 Å². The molecular weight excluding hydrogens is 490 g/mol. The van der Waals surface area contributed by atoms with Gasteiger partial charge in [-0.15, -0.1) is 0 Å². The molecule has 0 saturated heterocycles. The zero-order valence-electron chi connectivity index (χ0n) is 24.1. The maximum atomic E-state index is 13.8. The van der Waals surface area contributed by atoms with Gasteiger partial charge in [0.1, 0.15) is 5.75 Å². The van der Waals surface area contributed by atoms with E-state index in [1.807, 2.05) is 92.5 Å². The molecule has 3 rings (SSSR count). The van der Waals surface area contributed by atoms with Crippen LogP contribution in [-0.2, 0) is 34.0 Å². The van der Waals surface area contributed by atoms with E-state index in [1.165, 1.54) is 0 Å². The highest BCUT2D eigenvalue weighted by atomic mass is 16.5. The first-order valence-corrected chi connectivity index (χ1v) is 13.5. The van der Waals surface area contributed by atoms with Crippen LogP contribution in [0.5, 0.6) is 5.75 Å². The van der Waals surface area contributed by atoms with E-state index in [1.54, 1.807) is 19.1 Å². The van der Waals surface area contributed by atoms with Gasteiger partial charge in [-0.3, -0.25) is 9.59 Å². The number of methoxy groups -OCH3 is 2. The lowest BCUT2D eigenvalue weighted by atomic mass is 9.91. The van der Waals surface area contributed by atoms with Crippen LogP contribution in [0.25, 0.3) is 0 Å². The molecule has 1 heterocycles. The smallest absolute Gasteiger partial charge is 0.242 e. The third kappa shape index (κ3) is 9.91. The van der Waals surface area contributed by atoms with Crippen LogP contribution in [0.4, 0.5) is 0 Å². The maximum absolute atomic E-state index is 13.8. The van der Waals surface area contributed by atoms with Crippen molar-refractivity contribution in [2.75, 3.05) is 33.9 Å². The van der Waals surface area contributed by atoms with Crippen LogP contribution in [-0.4, -0.2) is 60.1 Å². The summed E-state index contributed by atoms with van der Waals surface area (Å²) in [6.07, 6.45) is 3.10. The molecule has 0 atom stereocenters. The molecule has 0 aliphatic heterocycles. The van der Waals surface area contributed by atoms with Crippen molar-refractivity contribution < 1.29 is 19.1 Å². The number of carbonyl (C=O) groups is 2. The number of aromatic nitrogens is 1. The molecule has 3 aromatic rings. The van der Waals surface area contributed by atoms with Crippen LogP contribution in [0.3, 0.4) is 0 Å². The van der Waals surface area contributed by atoms with Gasteiger partial charge >= 0.3 is 0 Å². The third-order valence-electron chi connectivity index (χ3n) is 6.47. The van der Waals surface area contributed by atoms with Crippen molar-refractivity contribution >= 4 is 11.8 Å². The quantitative estimate of drug-likeness (QED) is 0.261.